The zero-order chi connectivity index (χ0) is 16.9. The molecule has 2 saturated carbocycles. The van der Waals surface area contributed by atoms with Crippen molar-refractivity contribution in [2.45, 2.75) is 64.9 Å². The molecule has 0 bridgehead atoms. The lowest BCUT2D eigenvalue weighted by Crippen LogP contribution is -2.46. The summed E-state index contributed by atoms with van der Waals surface area (Å²) in [5, 5.41) is 0. The minimum Gasteiger partial charge on any atom is -0.462 e. The quantitative estimate of drug-likeness (QED) is 0.565. The summed E-state index contributed by atoms with van der Waals surface area (Å²) in [5.41, 5.74) is 1.75. The van der Waals surface area contributed by atoms with Crippen LogP contribution in [0.25, 0.3) is 0 Å². The molecule has 0 amide bonds. The van der Waals surface area contributed by atoms with Crippen LogP contribution in [0.2, 0.25) is 0 Å². The molecule has 0 aromatic rings. The van der Waals surface area contributed by atoms with E-state index in [1.54, 1.807) is 0 Å². The lowest BCUT2D eigenvalue weighted by atomic mass is 9.55. The lowest BCUT2D eigenvalue weighted by Gasteiger charge is -2.50. The van der Waals surface area contributed by atoms with Gasteiger partial charge in [-0.2, -0.15) is 0 Å². The van der Waals surface area contributed by atoms with E-state index in [0.717, 1.165) is 38.4 Å². The van der Waals surface area contributed by atoms with Crippen LogP contribution in [0.5, 0.6) is 0 Å². The predicted octanol–water partition coefficient (Wildman–Crippen LogP) is 4.03. The van der Waals surface area contributed by atoms with E-state index in [2.05, 4.69) is 25.3 Å². The van der Waals surface area contributed by atoms with E-state index >= 15 is 0 Å². The number of esters is 1. The Bertz CT molecular complexity index is 530. The highest BCUT2D eigenvalue weighted by Gasteiger charge is 2.55. The Hall–Kier alpha value is -0.830. The summed E-state index contributed by atoms with van der Waals surface area (Å²) in [5.74, 6) is 1.96. The largest absolute Gasteiger partial charge is 0.462 e. The van der Waals surface area contributed by atoms with Crippen molar-refractivity contribution in [1.29, 1.82) is 0 Å². The number of hydrogen-bond donors (Lipinski definition) is 0. The Labute approximate surface area is 146 Å². The van der Waals surface area contributed by atoms with Gasteiger partial charge in [-0.1, -0.05) is 26.0 Å². The molecular weight excluding hydrogens is 298 g/mol. The van der Waals surface area contributed by atoms with Gasteiger partial charge in [-0.25, -0.2) is 0 Å². The molecule has 0 spiro atoms. The van der Waals surface area contributed by atoms with Crippen LogP contribution in [0.1, 0.15) is 58.8 Å². The van der Waals surface area contributed by atoms with Gasteiger partial charge in [0.05, 0.1) is 5.92 Å². The van der Waals surface area contributed by atoms with Gasteiger partial charge in [-0.05, 0) is 68.7 Å². The predicted molar refractivity (Wildman–Crippen MR) is 95.5 cm³/mol. The summed E-state index contributed by atoms with van der Waals surface area (Å²) in [6.07, 6.45) is 8.65. The van der Waals surface area contributed by atoms with Crippen LogP contribution < -0.4 is 0 Å². The number of rotatable bonds is 2. The van der Waals surface area contributed by atoms with Gasteiger partial charge < -0.3 is 9.64 Å². The monoisotopic (exact) mass is 331 g/mol. The van der Waals surface area contributed by atoms with Crippen LogP contribution in [0.15, 0.2) is 12.2 Å². The molecule has 3 heteroatoms. The first-order valence-corrected chi connectivity index (χ1v) is 10.1. The molecular formula is C21H33NO2. The summed E-state index contributed by atoms with van der Waals surface area (Å²) in [4.78, 5) is 15.1. The first kappa shape index (κ1) is 16.6. The average molecular weight is 332 g/mol. The highest BCUT2D eigenvalue weighted by molar-refractivity contribution is 5.75. The van der Waals surface area contributed by atoms with Gasteiger partial charge in [-0.3, -0.25) is 4.79 Å². The SMILES string of the molecule is C=C1CCCC2(C)CC3OC(=O)C(CN4CCCC(C)C4)C3CC12. The molecule has 2 aliphatic heterocycles. The Morgan fingerprint density at radius 3 is 3.00 bits per heavy atom. The van der Waals surface area contributed by atoms with Crippen molar-refractivity contribution in [3.8, 4) is 0 Å². The number of piperidine rings is 1. The van der Waals surface area contributed by atoms with E-state index in [9.17, 15) is 4.79 Å². The van der Waals surface area contributed by atoms with E-state index < -0.39 is 0 Å². The van der Waals surface area contributed by atoms with Gasteiger partial charge in [0, 0.05) is 19.0 Å². The smallest absolute Gasteiger partial charge is 0.310 e. The highest BCUT2D eigenvalue weighted by Crippen LogP contribution is 2.56. The van der Waals surface area contributed by atoms with E-state index in [-0.39, 0.29) is 18.0 Å². The van der Waals surface area contributed by atoms with Gasteiger partial charge in [0.1, 0.15) is 6.10 Å². The molecule has 3 nitrogen and oxygen atoms in total. The number of hydrogen-bond acceptors (Lipinski definition) is 3. The van der Waals surface area contributed by atoms with E-state index in [1.807, 2.05) is 0 Å². The van der Waals surface area contributed by atoms with E-state index in [4.69, 9.17) is 4.74 Å². The Morgan fingerprint density at radius 2 is 2.21 bits per heavy atom. The number of allylic oxidation sites excluding steroid dienone is 1. The molecule has 0 aromatic heterocycles. The van der Waals surface area contributed by atoms with Crippen molar-refractivity contribution in [2.75, 3.05) is 19.6 Å². The minimum atomic E-state index is 0.0797. The van der Waals surface area contributed by atoms with Crippen LogP contribution >= 0.6 is 0 Å². The first-order chi connectivity index (χ1) is 11.5. The molecule has 2 heterocycles. The van der Waals surface area contributed by atoms with Crippen LogP contribution in [0, 0.1) is 29.1 Å². The van der Waals surface area contributed by atoms with E-state index in [1.165, 1.54) is 37.7 Å². The standard InChI is InChI=1S/C21H33NO2/c1-14-6-5-9-22(12-14)13-17-16-10-18-15(2)7-4-8-21(18,3)11-19(16)24-20(17)23/h14,16-19H,2,4-13H2,1,3H3. The topological polar surface area (TPSA) is 29.5 Å². The fraction of sp³-hybridized carbons (Fsp3) is 0.857. The molecule has 2 aliphatic carbocycles. The fourth-order valence-corrected chi connectivity index (χ4v) is 6.20. The van der Waals surface area contributed by atoms with Crippen molar-refractivity contribution in [2.24, 2.45) is 29.1 Å². The summed E-state index contributed by atoms with van der Waals surface area (Å²) in [7, 11) is 0. The van der Waals surface area contributed by atoms with Gasteiger partial charge >= 0.3 is 5.97 Å². The fourth-order valence-electron chi connectivity index (χ4n) is 6.20. The number of carbonyl (C=O) groups excluding carboxylic acids is 1. The number of likely N-dealkylation sites (tertiary alicyclic amines) is 1. The average Bonchev–Trinajstić information content (AvgIpc) is 2.80. The van der Waals surface area contributed by atoms with Crippen LogP contribution in [0.4, 0.5) is 0 Å². The number of fused-ring (bicyclic) bond motifs is 2. The number of carbonyl (C=O) groups is 1. The molecule has 6 unspecified atom stereocenters. The van der Waals surface area contributed by atoms with Crippen molar-refractivity contribution < 1.29 is 9.53 Å². The second-order valence-corrected chi connectivity index (χ2v) is 9.41. The maximum Gasteiger partial charge on any atom is 0.310 e. The summed E-state index contributed by atoms with van der Waals surface area (Å²) < 4.78 is 5.90. The normalized spacial score (nSPS) is 46.3. The van der Waals surface area contributed by atoms with Crippen LogP contribution in [0.3, 0.4) is 0 Å². The van der Waals surface area contributed by atoms with Crippen molar-refractivity contribution in [1.82, 2.24) is 4.90 Å². The lowest BCUT2D eigenvalue weighted by molar-refractivity contribution is -0.146. The van der Waals surface area contributed by atoms with Gasteiger partial charge in [0.15, 0.2) is 0 Å². The maximum atomic E-state index is 12.6. The van der Waals surface area contributed by atoms with Crippen molar-refractivity contribution in [3.63, 3.8) is 0 Å². The molecule has 0 radical (unpaired) electrons. The van der Waals surface area contributed by atoms with Gasteiger partial charge in [0.25, 0.3) is 0 Å². The van der Waals surface area contributed by atoms with Crippen LogP contribution in [-0.4, -0.2) is 36.6 Å². The third-order valence-electron chi connectivity index (χ3n) is 7.52. The zero-order valence-electron chi connectivity index (χ0n) is 15.4. The third kappa shape index (κ3) is 2.83. The summed E-state index contributed by atoms with van der Waals surface area (Å²) >= 11 is 0. The maximum absolute atomic E-state index is 12.6. The van der Waals surface area contributed by atoms with Crippen LogP contribution in [-0.2, 0) is 9.53 Å². The Morgan fingerprint density at radius 1 is 1.38 bits per heavy atom. The Kier molecular flexibility index (Phi) is 4.27. The zero-order valence-corrected chi connectivity index (χ0v) is 15.4. The summed E-state index contributed by atoms with van der Waals surface area (Å²) in [6.45, 7) is 12.4. The van der Waals surface area contributed by atoms with Gasteiger partial charge in [0.2, 0.25) is 0 Å². The number of nitrogens with zero attached hydrogens (tertiary/aromatic N) is 1. The molecule has 24 heavy (non-hydrogen) atoms. The molecule has 134 valence electrons. The summed E-state index contributed by atoms with van der Waals surface area (Å²) in [6, 6.07) is 0. The van der Waals surface area contributed by atoms with Crippen molar-refractivity contribution in [3.05, 3.63) is 12.2 Å². The molecule has 6 atom stereocenters. The second-order valence-electron chi connectivity index (χ2n) is 9.41. The Balaban J connectivity index is 1.49. The molecule has 0 N–H and O–H groups in total. The first-order valence-electron chi connectivity index (χ1n) is 10.1. The second kappa shape index (κ2) is 6.16. The van der Waals surface area contributed by atoms with E-state index in [0.29, 0.717) is 17.3 Å². The molecule has 2 saturated heterocycles. The van der Waals surface area contributed by atoms with Gasteiger partial charge in [-0.15, -0.1) is 0 Å². The third-order valence-corrected chi connectivity index (χ3v) is 7.52. The molecule has 4 fully saturated rings. The molecule has 0 aromatic carbocycles. The number of ether oxygens (including phenoxy) is 1. The highest BCUT2D eigenvalue weighted by atomic mass is 16.6. The van der Waals surface area contributed by atoms with Crippen molar-refractivity contribution >= 4 is 5.97 Å². The molecule has 4 rings (SSSR count). The minimum absolute atomic E-state index is 0.0797. The molecule has 4 aliphatic rings.